The highest BCUT2D eigenvalue weighted by atomic mass is 32.2. The van der Waals surface area contributed by atoms with Gasteiger partial charge in [-0.25, -0.2) is 9.97 Å². The molecule has 1 aromatic carbocycles. The van der Waals surface area contributed by atoms with Gasteiger partial charge in [-0.15, -0.1) is 11.3 Å². The molecular formula is C33H41N3O3S2. The van der Waals surface area contributed by atoms with Crippen molar-refractivity contribution in [1.82, 2.24) is 15.3 Å². The number of carbonyl (C=O) groups excluding carboxylic acids is 1. The van der Waals surface area contributed by atoms with Crippen LogP contribution in [0.15, 0.2) is 23.2 Å². The van der Waals surface area contributed by atoms with Gasteiger partial charge in [0.25, 0.3) is 0 Å². The van der Waals surface area contributed by atoms with Gasteiger partial charge in [0.05, 0.1) is 20.0 Å². The molecule has 4 bridgehead atoms. The number of hydrogen-bond donors (Lipinski definition) is 1. The SMILES string of the molecule is COc1ccc(CCNC(=O)CSc2nc(C34CC5CC(CC(C5)C3)C4)nc3sc4c(c23)CCC(C)C4)cc1OC. The van der Waals surface area contributed by atoms with Gasteiger partial charge in [-0.2, -0.15) is 0 Å². The van der Waals surface area contributed by atoms with Gasteiger partial charge in [0.2, 0.25) is 5.91 Å². The Balaban J connectivity index is 1.10. The lowest BCUT2D eigenvalue weighted by Crippen LogP contribution is -2.49. The number of thioether (sulfide) groups is 1. The molecule has 0 spiro atoms. The first-order valence-corrected chi connectivity index (χ1v) is 17.2. The van der Waals surface area contributed by atoms with Crippen LogP contribution in [0.25, 0.3) is 10.2 Å². The highest BCUT2D eigenvalue weighted by Gasteiger charge is 2.53. The predicted molar refractivity (Wildman–Crippen MR) is 165 cm³/mol. The fourth-order valence-electron chi connectivity index (χ4n) is 8.60. The summed E-state index contributed by atoms with van der Waals surface area (Å²) in [6.07, 6.45) is 12.2. The van der Waals surface area contributed by atoms with E-state index < -0.39 is 0 Å². The van der Waals surface area contributed by atoms with Crippen molar-refractivity contribution in [3.05, 3.63) is 40.0 Å². The molecule has 0 radical (unpaired) electrons. The van der Waals surface area contributed by atoms with Crippen molar-refractivity contribution in [2.45, 2.75) is 81.6 Å². The smallest absolute Gasteiger partial charge is 0.230 e. The number of hydrogen-bond acceptors (Lipinski definition) is 7. The van der Waals surface area contributed by atoms with Crippen LogP contribution in [0.5, 0.6) is 11.5 Å². The van der Waals surface area contributed by atoms with E-state index in [4.69, 9.17) is 19.4 Å². The first-order chi connectivity index (χ1) is 19.9. The lowest BCUT2D eigenvalue weighted by Gasteiger charge is -2.56. The highest BCUT2D eigenvalue weighted by molar-refractivity contribution is 8.00. The molecule has 4 fully saturated rings. The first-order valence-electron chi connectivity index (χ1n) is 15.4. The summed E-state index contributed by atoms with van der Waals surface area (Å²) >= 11 is 3.52. The standard InChI is InChI=1S/C33H41N3O3S2/c1-19-4-6-24-27(10-19)41-31-29(24)30(35-32(36-31)33-15-21-11-22(16-33)13-23(12-21)17-33)40-18-28(37)34-9-8-20-5-7-25(38-2)26(14-20)39-3/h5,7,14,19,21-23H,4,6,8-13,15-18H2,1-3H3,(H,34,37). The number of nitrogens with one attached hydrogen (secondary N) is 1. The van der Waals surface area contributed by atoms with Gasteiger partial charge in [-0.05, 0) is 111 Å². The van der Waals surface area contributed by atoms with Gasteiger partial charge in [0, 0.05) is 22.2 Å². The number of amides is 1. The molecule has 2 aromatic heterocycles. The van der Waals surface area contributed by atoms with E-state index in [0.717, 1.165) is 59.3 Å². The van der Waals surface area contributed by atoms with Crippen molar-refractivity contribution < 1.29 is 14.3 Å². The molecule has 0 aliphatic heterocycles. The summed E-state index contributed by atoms with van der Waals surface area (Å²) in [5, 5.41) is 5.42. The fourth-order valence-corrected chi connectivity index (χ4v) is 10.9. The molecule has 1 amide bonds. The Kier molecular flexibility index (Phi) is 7.43. The number of aryl methyl sites for hydroxylation is 1. The van der Waals surface area contributed by atoms with Gasteiger partial charge < -0.3 is 14.8 Å². The van der Waals surface area contributed by atoms with Gasteiger partial charge in [-0.1, -0.05) is 24.8 Å². The van der Waals surface area contributed by atoms with Crippen molar-refractivity contribution >= 4 is 39.2 Å². The number of methoxy groups -OCH3 is 2. The Morgan fingerprint density at radius 2 is 1.80 bits per heavy atom. The third kappa shape index (κ3) is 5.24. The Morgan fingerprint density at radius 1 is 1.07 bits per heavy atom. The molecular weight excluding hydrogens is 551 g/mol. The number of aromatic nitrogens is 2. The quantitative estimate of drug-likeness (QED) is 0.219. The fraction of sp³-hybridized carbons (Fsp3) is 0.606. The van der Waals surface area contributed by atoms with E-state index in [1.807, 2.05) is 29.5 Å². The highest BCUT2D eigenvalue weighted by Crippen LogP contribution is 2.60. The average Bonchev–Trinajstić information content (AvgIpc) is 3.32. The summed E-state index contributed by atoms with van der Waals surface area (Å²) in [6.45, 7) is 2.94. The van der Waals surface area contributed by atoms with Crippen LogP contribution in [0.1, 0.15) is 73.7 Å². The van der Waals surface area contributed by atoms with Crippen LogP contribution in [-0.2, 0) is 29.5 Å². The van der Waals surface area contributed by atoms with Crippen LogP contribution >= 0.6 is 23.1 Å². The molecule has 3 aromatic rings. The zero-order chi connectivity index (χ0) is 28.1. The minimum absolute atomic E-state index is 0.0521. The van der Waals surface area contributed by atoms with Gasteiger partial charge in [-0.3, -0.25) is 4.79 Å². The zero-order valence-electron chi connectivity index (χ0n) is 24.5. The van der Waals surface area contributed by atoms with Crippen molar-refractivity contribution in [3.8, 4) is 11.5 Å². The first kappa shape index (κ1) is 27.5. The second-order valence-electron chi connectivity index (χ2n) is 13.2. The molecule has 5 aliphatic rings. The molecule has 8 rings (SSSR count). The second-order valence-corrected chi connectivity index (χ2v) is 15.2. The maximum atomic E-state index is 13.0. The van der Waals surface area contributed by atoms with E-state index in [2.05, 4.69) is 12.2 Å². The number of carbonyl (C=O) groups is 1. The molecule has 2 heterocycles. The summed E-state index contributed by atoms with van der Waals surface area (Å²) in [5.41, 5.74) is 2.71. The van der Waals surface area contributed by atoms with Crippen molar-refractivity contribution in [2.24, 2.45) is 23.7 Å². The third-order valence-electron chi connectivity index (χ3n) is 10.2. The topological polar surface area (TPSA) is 73.3 Å². The Morgan fingerprint density at radius 3 is 2.51 bits per heavy atom. The van der Waals surface area contributed by atoms with Crippen LogP contribution in [0.4, 0.5) is 0 Å². The predicted octanol–water partition coefficient (Wildman–Crippen LogP) is 6.75. The molecule has 4 saturated carbocycles. The summed E-state index contributed by atoms with van der Waals surface area (Å²) in [6, 6.07) is 5.91. The largest absolute Gasteiger partial charge is 0.493 e. The molecule has 1 unspecified atom stereocenters. The minimum atomic E-state index is 0.0521. The van der Waals surface area contributed by atoms with Crippen LogP contribution in [0.3, 0.4) is 0 Å². The van der Waals surface area contributed by atoms with Crippen molar-refractivity contribution in [3.63, 3.8) is 0 Å². The Labute approximate surface area is 251 Å². The molecule has 218 valence electrons. The number of benzene rings is 1. The molecule has 41 heavy (non-hydrogen) atoms. The van der Waals surface area contributed by atoms with E-state index in [1.54, 1.807) is 26.0 Å². The maximum Gasteiger partial charge on any atom is 0.230 e. The van der Waals surface area contributed by atoms with E-state index >= 15 is 0 Å². The summed E-state index contributed by atoms with van der Waals surface area (Å²) in [7, 11) is 3.28. The number of ether oxygens (including phenoxy) is 2. The van der Waals surface area contributed by atoms with Crippen LogP contribution < -0.4 is 14.8 Å². The summed E-state index contributed by atoms with van der Waals surface area (Å²) in [5.74, 6) is 6.22. The number of thiophene rings is 1. The Bertz CT molecular complexity index is 1430. The van der Waals surface area contributed by atoms with Crippen LogP contribution in [0, 0.1) is 23.7 Å². The maximum absolute atomic E-state index is 13.0. The van der Waals surface area contributed by atoms with Gasteiger partial charge in [0.1, 0.15) is 15.7 Å². The second kappa shape index (κ2) is 11.1. The average molecular weight is 592 g/mol. The zero-order valence-corrected chi connectivity index (χ0v) is 26.1. The van der Waals surface area contributed by atoms with Gasteiger partial charge in [0.15, 0.2) is 11.5 Å². The van der Waals surface area contributed by atoms with Gasteiger partial charge >= 0.3 is 0 Å². The van der Waals surface area contributed by atoms with E-state index in [0.29, 0.717) is 23.8 Å². The lowest BCUT2D eigenvalue weighted by molar-refractivity contribution is -0.118. The molecule has 6 nitrogen and oxygen atoms in total. The number of rotatable bonds is 9. The third-order valence-corrected chi connectivity index (χ3v) is 12.3. The van der Waals surface area contributed by atoms with E-state index in [1.165, 1.54) is 65.6 Å². The van der Waals surface area contributed by atoms with E-state index in [-0.39, 0.29) is 11.3 Å². The normalized spacial score (nSPS) is 28.1. The summed E-state index contributed by atoms with van der Waals surface area (Å²) < 4.78 is 10.8. The molecule has 0 saturated heterocycles. The van der Waals surface area contributed by atoms with Crippen molar-refractivity contribution in [1.29, 1.82) is 0 Å². The molecule has 5 aliphatic carbocycles. The van der Waals surface area contributed by atoms with Crippen LogP contribution in [0.2, 0.25) is 0 Å². The summed E-state index contributed by atoms with van der Waals surface area (Å²) in [4.78, 5) is 26.4. The molecule has 8 heteroatoms. The number of fused-ring (bicyclic) bond motifs is 3. The van der Waals surface area contributed by atoms with Crippen LogP contribution in [-0.4, -0.2) is 42.4 Å². The molecule has 1 atom stereocenters. The minimum Gasteiger partial charge on any atom is -0.493 e. The Hall–Kier alpha value is -2.32. The monoisotopic (exact) mass is 591 g/mol. The lowest BCUT2D eigenvalue weighted by atomic mass is 9.49. The molecule has 1 N–H and O–H groups in total. The van der Waals surface area contributed by atoms with E-state index in [9.17, 15) is 4.79 Å². The van der Waals surface area contributed by atoms with Crippen molar-refractivity contribution in [2.75, 3.05) is 26.5 Å². The number of nitrogens with zero attached hydrogens (tertiary/aromatic N) is 2.